The fraction of sp³-hybridized carbons (Fsp3) is 0.769. The molecule has 0 spiro atoms. The molecule has 0 radical (unpaired) electrons. The Morgan fingerprint density at radius 2 is 2.24 bits per heavy atom. The van der Waals surface area contributed by atoms with Gasteiger partial charge < -0.3 is 10.4 Å². The fourth-order valence-electron chi connectivity index (χ4n) is 2.10. The Bertz CT molecular complexity index is 331. The number of rotatable bonds is 7. The van der Waals surface area contributed by atoms with Gasteiger partial charge in [0.1, 0.15) is 0 Å². The van der Waals surface area contributed by atoms with E-state index in [1.54, 1.807) is 0 Å². The third kappa shape index (κ3) is 5.33. The quantitative estimate of drug-likeness (QED) is 0.762. The lowest BCUT2D eigenvalue weighted by atomic mass is 9.94. The molecular weight excluding hydrogens is 214 g/mol. The van der Waals surface area contributed by atoms with Crippen LogP contribution in [0.4, 0.5) is 0 Å². The molecule has 4 nitrogen and oxygen atoms in total. The summed E-state index contributed by atoms with van der Waals surface area (Å²) in [5.74, 6) is 0.509. The van der Waals surface area contributed by atoms with Gasteiger partial charge in [-0.1, -0.05) is 13.8 Å². The highest BCUT2D eigenvalue weighted by atomic mass is 16.3. The van der Waals surface area contributed by atoms with Crippen molar-refractivity contribution in [3.05, 3.63) is 18.0 Å². The third-order valence-electron chi connectivity index (χ3n) is 2.69. The Labute approximate surface area is 104 Å². The van der Waals surface area contributed by atoms with Gasteiger partial charge in [0.15, 0.2) is 0 Å². The molecule has 1 rings (SSSR count). The average Bonchev–Trinajstić information content (AvgIpc) is 2.63. The Balaban J connectivity index is 2.31. The molecule has 0 aliphatic carbocycles. The number of nitrogens with zero attached hydrogens (tertiary/aromatic N) is 2. The van der Waals surface area contributed by atoms with E-state index in [9.17, 15) is 5.11 Å². The lowest BCUT2D eigenvalue weighted by Crippen LogP contribution is -2.38. The maximum Gasteiger partial charge on any atom is 0.0746 e. The van der Waals surface area contributed by atoms with E-state index in [1.807, 2.05) is 24.0 Å². The summed E-state index contributed by atoms with van der Waals surface area (Å²) >= 11 is 0. The van der Waals surface area contributed by atoms with Crippen molar-refractivity contribution < 1.29 is 5.11 Å². The first kappa shape index (κ1) is 14.2. The lowest BCUT2D eigenvalue weighted by molar-refractivity contribution is 0.0383. The van der Waals surface area contributed by atoms with Crippen LogP contribution in [0.3, 0.4) is 0 Å². The van der Waals surface area contributed by atoms with Gasteiger partial charge in [-0.25, -0.2) is 0 Å². The number of hydrogen-bond donors (Lipinski definition) is 2. The molecule has 0 saturated carbocycles. The van der Waals surface area contributed by atoms with E-state index in [-0.39, 0.29) is 0 Å². The predicted molar refractivity (Wildman–Crippen MR) is 69.7 cm³/mol. The molecule has 4 heteroatoms. The zero-order valence-electron chi connectivity index (χ0n) is 11.4. The molecule has 98 valence electrons. The van der Waals surface area contributed by atoms with Crippen LogP contribution in [0.1, 0.15) is 39.7 Å². The maximum absolute atomic E-state index is 10.1. The van der Waals surface area contributed by atoms with Gasteiger partial charge >= 0.3 is 0 Å². The van der Waals surface area contributed by atoms with Crippen LogP contribution in [0.25, 0.3) is 0 Å². The summed E-state index contributed by atoms with van der Waals surface area (Å²) in [7, 11) is 0. The van der Waals surface area contributed by atoms with E-state index in [4.69, 9.17) is 0 Å². The molecule has 1 aromatic heterocycles. The topological polar surface area (TPSA) is 50.1 Å². The molecule has 2 N–H and O–H groups in total. The van der Waals surface area contributed by atoms with Crippen molar-refractivity contribution in [3.63, 3.8) is 0 Å². The lowest BCUT2D eigenvalue weighted by Gasteiger charge is -2.25. The maximum atomic E-state index is 10.1. The van der Waals surface area contributed by atoms with E-state index in [1.165, 1.54) is 0 Å². The zero-order chi connectivity index (χ0) is 12.9. The van der Waals surface area contributed by atoms with Crippen LogP contribution < -0.4 is 5.32 Å². The van der Waals surface area contributed by atoms with E-state index >= 15 is 0 Å². The first-order chi connectivity index (χ1) is 7.93. The minimum Gasteiger partial charge on any atom is -0.389 e. The summed E-state index contributed by atoms with van der Waals surface area (Å²) in [6.45, 7) is 10.5. The Hall–Kier alpha value is -0.870. The second kappa shape index (κ2) is 6.17. The molecule has 17 heavy (non-hydrogen) atoms. The second-order valence-corrected chi connectivity index (χ2v) is 5.40. The smallest absolute Gasteiger partial charge is 0.0746 e. The molecule has 0 fully saturated rings. The number of aryl methyl sites for hydroxylation is 1. The summed E-state index contributed by atoms with van der Waals surface area (Å²) in [5.41, 5.74) is 0.529. The van der Waals surface area contributed by atoms with Gasteiger partial charge in [0.2, 0.25) is 0 Å². The van der Waals surface area contributed by atoms with E-state index < -0.39 is 5.60 Å². The number of aromatic nitrogens is 2. The van der Waals surface area contributed by atoms with Crippen LogP contribution in [-0.4, -0.2) is 27.0 Å². The summed E-state index contributed by atoms with van der Waals surface area (Å²) in [6.07, 6.45) is 4.71. The summed E-state index contributed by atoms with van der Waals surface area (Å²) in [5, 5.41) is 17.6. The van der Waals surface area contributed by atoms with Crippen molar-refractivity contribution in [2.75, 3.05) is 6.54 Å². The van der Waals surface area contributed by atoms with Crippen LogP contribution in [0.5, 0.6) is 0 Å². The van der Waals surface area contributed by atoms with E-state index in [2.05, 4.69) is 31.2 Å². The van der Waals surface area contributed by atoms with Gasteiger partial charge in [-0.05, 0) is 26.2 Å². The van der Waals surface area contributed by atoms with Crippen molar-refractivity contribution in [2.24, 2.45) is 5.92 Å². The van der Waals surface area contributed by atoms with Gasteiger partial charge in [0.25, 0.3) is 0 Å². The molecule has 1 unspecified atom stereocenters. The highest BCUT2D eigenvalue weighted by Crippen LogP contribution is 2.15. The third-order valence-corrected chi connectivity index (χ3v) is 2.69. The molecule has 1 heterocycles. The second-order valence-electron chi connectivity index (χ2n) is 5.40. The highest BCUT2D eigenvalue weighted by Gasteiger charge is 2.21. The van der Waals surface area contributed by atoms with Crippen molar-refractivity contribution in [1.29, 1.82) is 0 Å². The SMILES string of the molecule is CCn1cc(CNCC(C)(O)CC(C)C)cn1. The van der Waals surface area contributed by atoms with E-state index in [0.717, 1.165) is 25.1 Å². The van der Waals surface area contributed by atoms with Crippen LogP contribution in [-0.2, 0) is 13.1 Å². The van der Waals surface area contributed by atoms with Gasteiger partial charge in [-0.2, -0.15) is 5.10 Å². The van der Waals surface area contributed by atoms with Crippen molar-refractivity contribution in [3.8, 4) is 0 Å². The fourth-order valence-corrected chi connectivity index (χ4v) is 2.10. The van der Waals surface area contributed by atoms with Crippen molar-refractivity contribution in [1.82, 2.24) is 15.1 Å². The van der Waals surface area contributed by atoms with Crippen LogP contribution in [0.15, 0.2) is 12.4 Å². The number of nitrogens with one attached hydrogen (secondary N) is 1. The zero-order valence-corrected chi connectivity index (χ0v) is 11.4. The minimum atomic E-state index is -0.630. The molecule has 0 aromatic carbocycles. The molecule has 0 aliphatic heterocycles. The number of hydrogen-bond acceptors (Lipinski definition) is 3. The minimum absolute atomic E-state index is 0.509. The summed E-state index contributed by atoms with van der Waals surface area (Å²) in [6, 6.07) is 0. The summed E-state index contributed by atoms with van der Waals surface area (Å²) in [4.78, 5) is 0. The van der Waals surface area contributed by atoms with Gasteiger partial charge in [0.05, 0.1) is 11.8 Å². The molecule has 1 atom stereocenters. The average molecular weight is 239 g/mol. The largest absolute Gasteiger partial charge is 0.389 e. The first-order valence-electron chi connectivity index (χ1n) is 6.37. The van der Waals surface area contributed by atoms with Gasteiger partial charge in [-0.3, -0.25) is 4.68 Å². The monoisotopic (exact) mass is 239 g/mol. The number of aliphatic hydroxyl groups is 1. The molecule has 0 saturated heterocycles. The Morgan fingerprint density at radius 1 is 1.53 bits per heavy atom. The Morgan fingerprint density at radius 3 is 2.76 bits per heavy atom. The molecule has 0 amide bonds. The summed E-state index contributed by atoms with van der Waals surface area (Å²) < 4.78 is 1.91. The molecule has 1 aromatic rings. The van der Waals surface area contributed by atoms with Crippen LogP contribution in [0.2, 0.25) is 0 Å². The molecule has 0 bridgehead atoms. The molecular formula is C13H25N3O. The normalized spacial score (nSPS) is 15.2. The molecule has 0 aliphatic rings. The first-order valence-corrected chi connectivity index (χ1v) is 6.37. The van der Waals surface area contributed by atoms with Crippen LogP contribution >= 0.6 is 0 Å². The van der Waals surface area contributed by atoms with Gasteiger partial charge in [0, 0.05) is 31.4 Å². The van der Waals surface area contributed by atoms with Crippen molar-refractivity contribution in [2.45, 2.75) is 52.8 Å². The van der Waals surface area contributed by atoms with Gasteiger partial charge in [-0.15, -0.1) is 0 Å². The predicted octanol–water partition coefficient (Wildman–Crippen LogP) is 1.79. The Kier molecular flexibility index (Phi) is 5.15. The standard InChI is InChI=1S/C13H25N3O/c1-5-16-9-12(8-15-16)7-14-10-13(4,17)6-11(2)3/h8-9,11,14,17H,5-7,10H2,1-4H3. The highest BCUT2D eigenvalue weighted by molar-refractivity contribution is 5.03. The van der Waals surface area contributed by atoms with Crippen LogP contribution in [0, 0.1) is 5.92 Å². The van der Waals surface area contributed by atoms with Crippen molar-refractivity contribution >= 4 is 0 Å². The van der Waals surface area contributed by atoms with E-state index in [0.29, 0.717) is 12.5 Å².